The standard InChI is InChI=1S/C20H25N3O2/c1-15(17-7-5-4-6-8-17)22-19(24)14-23(3)13-16-9-11-18(12-10-16)20(25)21-2/h4-12,15H,13-14H2,1-3H3,(H,21,25)(H,22,24). The van der Waals surface area contributed by atoms with Gasteiger partial charge in [0.25, 0.3) is 5.91 Å². The molecule has 0 bridgehead atoms. The molecule has 0 aliphatic rings. The number of likely N-dealkylation sites (N-methyl/N-ethyl adjacent to an activating group) is 1. The zero-order valence-corrected chi connectivity index (χ0v) is 15.0. The monoisotopic (exact) mass is 339 g/mol. The minimum absolute atomic E-state index is 0.0131. The molecule has 5 nitrogen and oxygen atoms in total. The largest absolute Gasteiger partial charge is 0.355 e. The molecule has 2 rings (SSSR count). The Morgan fingerprint density at radius 2 is 1.68 bits per heavy atom. The zero-order chi connectivity index (χ0) is 18.2. The van der Waals surface area contributed by atoms with Gasteiger partial charge >= 0.3 is 0 Å². The average molecular weight is 339 g/mol. The number of nitrogens with one attached hydrogen (secondary N) is 2. The fraction of sp³-hybridized carbons (Fsp3) is 0.300. The lowest BCUT2D eigenvalue weighted by Crippen LogP contribution is -2.36. The Kier molecular flexibility index (Phi) is 6.71. The molecule has 132 valence electrons. The molecule has 0 radical (unpaired) electrons. The SMILES string of the molecule is CNC(=O)c1ccc(CN(C)CC(=O)NC(C)c2ccccc2)cc1. The van der Waals surface area contributed by atoms with Crippen molar-refractivity contribution in [2.45, 2.75) is 19.5 Å². The summed E-state index contributed by atoms with van der Waals surface area (Å²) in [5, 5.41) is 5.61. The smallest absolute Gasteiger partial charge is 0.251 e. The van der Waals surface area contributed by atoms with Gasteiger partial charge in [0.1, 0.15) is 0 Å². The topological polar surface area (TPSA) is 61.4 Å². The first-order chi connectivity index (χ1) is 12.0. The van der Waals surface area contributed by atoms with Crippen LogP contribution in [0.4, 0.5) is 0 Å². The van der Waals surface area contributed by atoms with Gasteiger partial charge in [-0.1, -0.05) is 42.5 Å². The Hall–Kier alpha value is -2.66. The maximum Gasteiger partial charge on any atom is 0.251 e. The number of amides is 2. The molecule has 5 heteroatoms. The predicted molar refractivity (Wildman–Crippen MR) is 99.2 cm³/mol. The first-order valence-corrected chi connectivity index (χ1v) is 8.33. The van der Waals surface area contributed by atoms with E-state index in [0.29, 0.717) is 18.7 Å². The van der Waals surface area contributed by atoms with Gasteiger partial charge in [0, 0.05) is 19.2 Å². The number of rotatable bonds is 7. The van der Waals surface area contributed by atoms with E-state index in [1.807, 2.05) is 61.3 Å². The lowest BCUT2D eigenvalue weighted by Gasteiger charge is -2.19. The number of nitrogens with zero attached hydrogens (tertiary/aromatic N) is 1. The van der Waals surface area contributed by atoms with Crippen molar-refractivity contribution in [3.63, 3.8) is 0 Å². The summed E-state index contributed by atoms with van der Waals surface area (Å²) in [6, 6.07) is 17.3. The van der Waals surface area contributed by atoms with Crippen molar-refractivity contribution in [1.82, 2.24) is 15.5 Å². The Bertz CT molecular complexity index is 699. The van der Waals surface area contributed by atoms with Gasteiger partial charge in [0.15, 0.2) is 0 Å². The highest BCUT2D eigenvalue weighted by molar-refractivity contribution is 5.93. The van der Waals surface area contributed by atoms with Gasteiger partial charge in [-0.05, 0) is 37.2 Å². The minimum atomic E-state index is -0.103. The molecule has 0 aliphatic heterocycles. The van der Waals surface area contributed by atoms with E-state index in [4.69, 9.17) is 0 Å². The van der Waals surface area contributed by atoms with Crippen LogP contribution in [-0.4, -0.2) is 37.4 Å². The van der Waals surface area contributed by atoms with E-state index in [0.717, 1.165) is 11.1 Å². The van der Waals surface area contributed by atoms with Crippen LogP contribution < -0.4 is 10.6 Å². The summed E-state index contributed by atoms with van der Waals surface area (Å²) >= 11 is 0. The number of hydrogen-bond acceptors (Lipinski definition) is 3. The molecule has 1 atom stereocenters. The lowest BCUT2D eigenvalue weighted by atomic mass is 10.1. The first-order valence-electron chi connectivity index (χ1n) is 8.33. The van der Waals surface area contributed by atoms with E-state index >= 15 is 0 Å². The highest BCUT2D eigenvalue weighted by Crippen LogP contribution is 2.11. The maximum absolute atomic E-state index is 12.2. The first kappa shape index (κ1) is 18.7. The van der Waals surface area contributed by atoms with E-state index in [9.17, 15) is 9.59 Å². The molecule has 2 aromatic carbocycles. The molecule has 0 saturated heterocycles. The Labute approximate surface area is 149 Å². The van der Waals surface area contributed by atoms with Gasteiger partial charge in [-0.25, -0.2) is 0 Å². The second kappa shape index (κ2) is 8.99. The van der Waals surface area contributed by atoms with E-state index < -0.39 is 0 Å². The van der Waals surface area contributed by atoms with Crippen LogP contribution in [0.1, 0.15) is 34.5 Å². The summed E-state index contributed by atoms with van der Waals surface area (Å²) in [6.07, 6.45) is 0. The van der Waals surface area contributed by atoms with Crippen LogP contribution in [0, 0.1) is 0 Å². The maximum atomic E-state index is 12.2. The molecule has 2 N–H and O–H groups in total. The zero-order valence-electron chi connectivity index (χ0n) is 15.0. The second-order valence-corrected chi connectivity index (χ2v) is 6.15. The summed E-state index contributed by atoms with van der Waals surface area (Å²) < 4.78 is 0. The molecule has 0 saturated carbocycles. The number of benzene rings is 2. The van der Waals surface area contributed by atoms with Crippen LogP contribution >= 0.6 is 0 Å². The molecule has 0 aliphatic carbocycles. The van der Waals surface area contributed by atoms with E-state index in [2.05, 4.69) is 10.6 Å². The van der Waals surface area contributed by atoms with Crippen LogP contribution in [0.25, 0.3) is 0 Å². The Balaban J connectivity index is 1.84. The molecule has 2 amide bonds. The third kappa shape index (κ3) is 5.72. The second-order valence-electron chi connectivity index (χ2n) is 6.15. The molecule has 25 heavy (non-hydrogen) atoms. The molecule has 0 heterocycles. The average Bonchev–Trinajstić information content (AvgIpc) is 2.62. The third-order valence-corrected chi connectivity index (χ3v) is 3.99. The summed E-state index contributed by atoms with van der Waals surface area (Å²) in [5.41, 5.74) is 2.77. The molecule has 0 aromatic heterocycles. The molecular formula is C20H25N3O2. The molecule has 1 unspecified atom stereocenters. The van der Waals surface area contributed by atoms with Crippen LogP contribution in [0.5, 0.6) is 0 Å². The summed E-state index contributed by atoms with van der Waals surface area (Å²) in [5.74, 6) is -0.116. The van der Waals surface area contributed by atoms with Gasteiger partial charge < -0.3 is 10.6 Å². The van der Waals surface area contributed by atoms with Gasteiger partial charge in [-0.2, -0.15) is 0 Å². The van der Waals surface area contributed by atoms with Gasteiger partial charge in [-0.3, -0.25) is 14.5 Å². The van der Waals surface area contributed by atoms with Crippen molar-refractivity contribution in [3.8, 4) is 0 Å². The number of carbonyl (C=O) groups is 2. The Morgan fingerprint density at radius 1 is 1.04 bits per heavy atom. The van der Waals surface area contributed by atoms with Gasteiger partial charge in [0.2, 0.25) is 5.91 Å². The Morgan fingerprint density at radius 3 is 2.28 bits per heavy atom. The summed E-state index contributed by atoms with van der Waals surface area (Å²) in [6.45, 7) is 2.93. The van der Waals surface area contributed by atoms with Gasteiger partial charge in [-0.15, -0.1) is 0 Å². The van der Waals surface area contributed by atoms with Crippen LogP contribution in [0.15, 0.2) is 54.6 Å². The van der Waals surface area contributed by atoms with Crippen molar-refractivity contribution >= 4 is 11.8 Å². The molecule has 0 spiro atoms. The van der Waals surface area contributed by atoms with Gasteiger partial charge in [0.05, 0.1) is 12.6 Å². The lowest BCUT2D eigenvalue weighted by molar-refractivity contribution is -0.122. The quantitative estimate of drug-likeness (QED) is 0.814. The van der Waals surface area contributed by atoms with Crippen molar-refractivity contribution in [3.05, 3.63) is 71.3 Å². The van der Waals surface area contributed by atoms with Crippen LogP contribution in [-0.2, 0) is 11.3 Å². The number of carbonyl (C=O) groups excluding carboxylic acids is 2. The summed E-state index contributed by atoms with van der Waals surface area (Å²) in [4.78, 5) is 25.7. The fourth-order valence-corrected chi connectivity index (χ4v) is 2.63. The highest BCUT2D eigenvalue weighted by Gasteiger charge is 2.12. The van der Waals surface area contributed by atoms with E-state index in [1.165, 1.54) is 0 Å². The third-order valence-electron chi connectivity index (χ3n) is 3.99. The normalized spacial score (nSPS) is 11.8. The van der Waals surface area contributed by atoms with E-state index in [1.54, 1.807) is 19.2 Å². The van der Waals surface area contributed by atoms with Crippen molar-refractivity contribution in [2.75, 3.05) is 20.6 Å². The van der Waals surface area contributed by atoms with Crippen molar-refractivity contribution in [2.24, 2.45) is 0 Å². The highest BCUT2D eigenvalue weighted by atomic mass is 16.2. The number of hydrogen-bond donors (Lipinski definition) is 2. The predicted octanol–water partition coefficient (Wildman–Crippen LogP) is 2.36. The molecule has 2 aromatic rings. The van der Waals surface area contributed by atoms with Crippen molar-refractivity contribution in [1.29, 1.82) is 0 Å². The fourth-order valence-electron chi connectivity index (χ4n) is 2.63. The van der Waals surface area contributed by atoms with E-state index in [-0.39, 0.29) is 17.9 Å². The molecule has 0 fully saturated rings. The van der Waals surface area contributed by atoms with Crippen LogP contribution in [0.2, 0.25) is 0 Å². The minimum Gasteiger partial charge on any atom is -0.355 e. The summed E-state index contributed by atoms with van der Waals surface area (Å²) in [7, 11) is 3.51. The van der Waals surface area contributed by atoms with Crippen LogP contribution in [0.3, 0.4) is 0 Å². The van der Waals surface area contributed by atoms with Crippen molar-refractivity contribution < 1.29 is 9.59 Å². The molecular weight excluding hydrogens is 314 g/mol.